The highest BCUT2D eigenvalue weighted by Gasteiger charge is 2.26. The molecule has 8 nitrogen and oxygen atoms in total. The summed E-state index contributed by atoms with van der Waals surface area (Å²) in [5.74, 6) is -0.401. The van der Waals surface area contributed by atoms with E-state index in [0.717, 1.165) is 27.8 Å². The molecule has 1 atom stereocenters. The lowest BCUT2D eigenvalue weighted by Crippen LogP contribution is -2.41. The van der Waals surface area contributed by atoms with Crippen molar-refractivity contribution in [1.29, 1.82) is 0 Å². The fourth-order valence-corrected chi connectivity index (χ4v) is 5.94. The van der Waals surface area contributed by atoms with E-state index in [0.29, 0.717) is 45.8 Å². The molecule has 0 spiro atoms. The van der Waals surface area contributed by atoms with Gasteiger partial charge in [-0.05, 0) is 36.8 Å². The molecule has 34 heavy (non-hydrogen) atoms. The van der Waals surface area contributed by atoms with Crippen molar-refractivity contribution in [2.75, 3.05) is 50.0 Å². The van der Waals surface area contributed by atoms with Crippen LogP contribution in [-0.4, -0.2) is 80.6 Å². The second kappa shape index (κ2) is 9.40. The summed E-state index contributed by atoms with van der Waals surface area (Å²) < 4.78 is 31.7. The largest absolute Gasteiger partial charge is 0.391 e. The number of sulfone groups is 1. The molecule has 0 unspecified atom stereocenters. The molecule has 0 aliphatic carbocycles. The number of aliphatic hydroxyl groups excluding tert-OH is 1. The molecule has 2 saturated heterocycles. The fraction of sp³-hybridized carbons (Fsp3) is 0.400. The third-order valence-corrected chi connectivity index (χ3v) is 8.31. The quantitative estimate of drug-likeness (QED) is 0.558. The molecule has 5 rings (SSSR count). The second-order valence-electron chi connectivity index (χ2n) is 8.90. The van der Waals surface area contributed by atoms with Gasteiger partial charge < -0.3 is 24.6 Å². The van der Waals surface area contributed by atoms with Gasteiger partial charge in [-0.3, -0.25) is 4.79 Å². The number of nitrogens with one attached hydrogen (secondary N) is 1. The standard InChI is InChI=1S/C25H29N3O5S/c29-19-7-9-28(17-19)24-6-5-20(16-21(24)23-15-18-3-1-2-4-22(18)26-23)34(31,32)14-8-25(30)27-10-12-33-13-11-27/h1-6,15-16,19,26,29H,7-14,17H2/t19-/m0/s1. The Morgan fingerprint density at radius 1 is 1.09 bits per heavy atom. The summed E-state index contributed by atoms with van der Waals surface area (Å²) in [6.45, 7) is 3.18. The average molecular weight is 484 g/mol. The molecule has 9 heteroatoms. The number of ether oxygens (including phenoxy) is 1. The smallest absolute Gasteiger partial charge is 0.223 e. The lowest BCUT2D eigenvalue weighted by Gasteiger charge is -2.26. The Bertz CT molecular complexity index is 1260. The number of carbonyl (C=O) groups excluding carboxylic acids is 1. The van der Waals surface area contributed by atoms with Gasteiger partial charge in [0.15, 0.2) is 9.84 Å². The van der Waals surface area contributed by atoms with E-state index in [-0.39, 0.29) is 23.0 Å². The average Bonchev–Trinajstić information content (AvgIpc) is 3.49. The summed E-state index contributed by atoms with van der Waals surface area (Å²) in [5, 5.41) is 11.1. The van der Waals surface area contributed by atoms with Gasteiger partial charge >= 0.3 is 0 Å². The van der Waals surface area contributed by atoms with Crippen molar-refractivity contribution in [2.24, 2.45) is 0 Å². The van der Waals surface area contributed by atoms with E-state index < -0.39 is 15.9 Å². The van der Waals surface area contributed by atoms with Gasteiger partial charge in [0.25, 0.3) is 0 Å². The topological polar surface area (TPSA) is 103 Å². The van der Waals surface area contributed by atoms with Gasteiger partial charge in [0.05, 0.1) is 30.0 Å². The summed E-state index contributed by atoms with van der Waals surface area (Å²) in [6, 6.07) is 15.0. The molecule has 180 valence electrons. The van der Waals surface area contributed by atoms with Crippen molar-refractivity contribution < 1.29 is 23.1 Å². The molecule has 0 bridgehead atoms. The Morgan fingerprint density at radius 3 is 2.62 bits per heavy atom. The van der Waals surface area contributed by atoms with Crippen LogP contribution in [0, 0.1) is 0 Å². The molecule has 0 saturated carbocycles. The first-order chi connectivity index (χ1) is 16.4. The van der Waals surface area contributed by atoms with E-state index in [4.69, 9.17) is 4.74 Å². The normalized spacial score (nSPS) is 19.1. The molecular weight excluding hydrogens is 454 g/mol. The number of morpholine rings is 1. The van der Waals surface area contributed by atoms with Crippen LogP contribution in [0.3, 0.4) is 0 Å². The number of hydrogen-bond acceptors (Lipinski definition) is 6. The van der Waals surface area contributed by atoms with Crippen LogP contribution in [0.4, 0.5) is 5.69 Å². The number of rotatable bonds is 6. The van der Waals surface area contributed by atoms with Crippen LogP contribution in [-0.2, 0) is 19.4 Å². The summed E-state index contributed by atoms with van der Waals surface area (Å²) in [7, 11) is -3.67. The molecule has 0 radical (unpaired) electrons. The van der Waals surface area contributed by atoms with Gasteiger partial charge in [0.1, 0.15) is 0 Å². The number of anilines is 1. The van der Waals surface area contributed by atoms with E-state index in [1.54, 1.807) is 17.0 Å². The maximum Gasteiger partial charge on any atom is 0.223 e. The van der Waals surface area contributed by atoms with Crippen LogP contribution < -0.4 is 4.90 Å². The third kappa shape index (κ3) is 4.68. The van der Waals surface area contributed by atoms with Crippen molar-refractivity contribution in [1.82, 2.24) is 9.88 Å². The number of aliphatic hydroxyl groups is 1. The molecule has 2 fully saturated rings. The number of amides is 1. The summed E-state index contributed by atoms with van der Waals surface area (Å²) in [6.07, 6.45) is 0.227. The SMILES string of the molecule is O=C(CCS(=O)(=O)c1ccc(N2CC[C@H](O)C2)c(-c2cc3ccccc3[nH]2)c1)N1CCOCC1. The third-order valence-electron chi connectivity index (χ3n) is 6.60. The minimum atomic E-state index is -3.67. The van der Waals surface area contributed by atoms with Gasteiger partial charge in [0, 0.05) is 60.4 Å². The van der Waals surface area contributed by atoms with Crippen molar-refractivity contribution in [3.05, 3.63) is 48.5 Å². The maximum atomic E-state index is 13.2. The molecule has 2 aromatic carbocycles. The van der Waals surface area contributed by atoms with Crippen molar-refractivity contribution in [3.8, 4) is 11.3 Å². The number of carbonyl (C=O) groups is 1. The van der Waals surface area contributed by atoms with E-state index in [1.807, 2.05) is 36.4 Å². The van der Waals surface area contributed by atoms with Crippen LogP contribution in [0.5, 0.6) is 0 Å². The molecule has 2 aliphatic rings. The van der Waals surface area contributed by atoms with Gasteiger partial charge in [-0.2, -0.15) is 0 Å². The van der Waals surface area contributed by atoms with Crippen LogP contribution >= 0.6 is 0 Å². The number of para-hydroxylation sites is 1. The monoisotopic (exact) mass is 483 g/mol. The molecular formula is C25H29N3O5S. The zero-order valence-electron chi connectivity index (χ0n) is 18.9. The Balaban J connectivity index is 1.45. The van der Waals surface area contributed by atoms with Crippen LogP contribution in [0.1, 0.15) is 12.8 Å². The first kappa shape index (κ1) is 22.9. The number of fused-ring (bicyclic) bond motifs is 1. The molecule has 3 aromatic rings. The highest BCUT2D eigenvalue weighted by Crippen LogP contribution is 2.36. The molecule has 2 aliphatic heterocycles. The minimum absolute atomic E-state index is 0.0515. The minimum Gasteiger partial charge on any atom is -0.391 e. The van der Waals surface area contributed by atoms with Crippen molar-refractivity contribution >= 4 is 32.3 Å². The van der Waals surface area contributed by atoms with Gasteiger partial charge in [0.2, 0.25) is 5.91 Å². The van der Waals surface area contributed by atoms with E-state index in [9.17, 15) is 18.3 Å². The predicted molar refractivity (Wildman–Crippen MR) is 131 cm³/mol. The first-order valence-corrected chi connectivity index (χ1v) is 13.3. The number of aromatic amines is 1. The van der Waals surface area contributed by atoms with Gasteiger partial charge in [-0.1, -0.05) is 18.2 Å². The first-order valence-electron chi connectivity index (χ1n) is 11.6. The number of H-pyrrole nitrogens is 1. The molecule has 1 amide bonds. The van der Waals surface area contributed by atoms with Gasteiger partial charge in [-0.15, -0.1) is 0 Å². The molecule has 3 heterocycles. The highest BCUT2D eigenvalue weighted by atomic mass is 32.2. The lowest BCUT2D eigenvalue weighted by molar-refractivity contribution is -0.134. The van der Waals surface area contributed by atoms with E-state index in [1.165, 1.54) is 0 Å². The fourth-order valence-electron chi connectivity index (χ4n) is 4.69. The number of β-amino-alcohol motifs (C(OH)–C–C–N with tert-alkyl or cyclic N) is 1. The van der Waals surface area contributed by atoms with E-state index in [2.05, 4.69) is 9.88 Å². The summed E-state index contributed by atoms with van der Waals surface area (Å²) >= 11 is 0. The van der Waals surface area contributed by atoms with Gasteiger partial charge in [-0.25, -0.2) is 8.42 Å². The Labute approximate surface area is 199 Å². The van der Waals surface area contributed by atoms with Crippen LogP contribution in [0.15, 0.2) is 53.4 Å². The Hall–Kier alpha value is -2.88. The number of benzene rings is 2. The molecule has 1 aromatic heterocycles. The van der Waals surface area contributed by atoms with E-state index >= 15 is 0 Å². The number of nitrogens with zero attached hydrogens (tertiary/aromatic N) is 2. The van der Waals surface area contributed by atoms with Crippen molar-refractivity contribution in [3.63, 3.8) is 0 Å². The summed E-state index contributed by atoms with van der Waals surface area (Å²) in [5.41, 5.74) is 3.44. The number of aromatic nitrogens is 1. The zero-order chi connectivity index (χ0) is 23.7. The maximum absolute atomic E-state index is 13.2. The zero-order valence-corrected chi connectivity index (χ0v) is 19.8. The second-order valence-corrected chi connectivity index (χ2v) is 11.0. The number of hydrogen-bond donors (Lipinski definition) is 2. The van der Waals surface area contributed by atoms with Crippen molar-refractivity contribution in [2.45, 2.75) is 23.8 Å². The highest BCUT2D eigenvalue weighted by molar-refractivity contribution is 7.91. The Kier molecular flexibility index (Phi) is 6.33. The summed E-state index contributed by atoms with van der Waals surface area (Å²) in [4.78, 5) is 19.8. The Morgan fingerprint density at radius 2 is 1.88 bits per heavy atom. The molecule has 2 N–H and O–H groups in total. The van der Waals surface area contributed by atoms with Crippen LogP contribution in [0.25, 0.3) is 22.2 Å². The lowest BCUT2D eigenvalue weighted by atomic mass is 10.1. The predicted octanol–water partition coefficient (Wildman–Crippen LogP) is 2.43. The van der Waals surface area contributed by atoms with Crippen LogP contribution in [0.2, 0.25) is 0 Å².